The zero-order valence-electron chi connectivity index (χ0n) is 16.2. The molecule has 0 bridgehead atoms. The Labute approximate surface area is 166 Å². The standard InChI is InChI=1S/C20H20N2O7/c1-4-28-17-10-12(5-7-15(17)26-2)9-14-18(23)22(20(25)21-14)11-13-6-8-16(29-13)19(24)27-3/h5-10H,4,11H2,1-3H3,(H,21,25). The molecule has 1 aliphatic heterocycles. The number of carbonyl (C=O) groups is 3. The summed E-state index contributed by atoms with van der Waals surface area (Å²) < 4.78 is 20.6. The fourth-order valence-corrected chi connectivity index (χ4v) is 2.76. The number of furan rings is 1. The lowest BCUT2D eigenvalue weighted by Crippen LogP contribution is -2.30. The van der Waals surface area contributed by atoms with Crippen LogP contribution in [0.3, 0.4) is 0 Å². The average Bonchev–Trinajstić information content (AvgIpc) is 3.28. The van der Waals surface area contributed by atoms with E-state index >= 15 is 0 Å². The quantitative estimate of drug-likeness (QED) is 0.432. The Morgan fingerprint density at radius 3 is 2.66 bits per heavy atom. The molecule has 1 saturated heterocycles. The van der Waals surface area contributed by atoms with Crippen molar-refractivity contribution in [2.45, 2.75) is 13.5 Å². The van der Waals surface area contributed by atoms with E-state index in [0.717, 1.165) is 4.90 Å². The van der Waals surface area contributed by atoms with Crippen LogP contribution in [0.25, 0.3) is 6.08 Å². The fourth-order valence-electron chi connectivity index (χ4n) is 2.76. The SMILES string of the molecule is CCOc1cc(C=C2NC(=O)N(Cc3ccc(C(=O)OC)o3)C2=O)ccc1OC. The van der Waals surface area contributed by atoms with E-state index in [-0.39, 0.29) is 23.8 Å². The summed E-state index contributed by atoms with van der Waals surface area (Å²) in [6.45, 7) is 2.19. The van der Waals surface area contributed by atoms with Crippen LogP contribution in [0.1, 0.15) is 28.8 Å². The molecular weight excluding hydrogens is 380 g/mol. The topological polar surface area (TPSA) is 107 Å². The highest BCUT2D eigenvalue weighted by atomic mass is 16.5. The van der Waals surface area contributed by atoms with Gasteiger partial charge in [0, 0.05) is 0 Å². The summed E-state index contributed by atoms with van der Waals surface area (Å²) in [6.07, 6.45) is 1.55. The second kappa shape index (κ2) is 8.51. The predicted octanol–water partition coefficient (Wildman–Crippen LogP) is 2.57. The fraction of sp³-hybridized carbons (Fsp3) is 0.250. The van der Waals surface area contributed by atoms with Crippen LogP contribution in [-0.2, 0) is 16.1 Å². The number of urea groups is 1. The van der Waals surface area contributed by atoms with Gasteiger partial charge in [-0.15, -0.1) is 0 Å². The zero-order chi connectivity index (χ0) is 21.0. The molecule has 1 N–H and O–H groups in total. The molecule has 29 heavy (non-hydrogen) atoms. The molecule has 152 valence electrons. The van der Waals surface area contributed by atoms with Crippen LogP contribution in [0.2, 0.25) is 0 Å². The number of amides is 3. The average molecular weight is 400 g/mol. The monoisotopic (exact) mass is 400 g/mol. The molecule has 2 heterocycles. The highest BCUT2D eigenvalue weighted by Gasteiger charge is 2.34. The highest BCUT2D eigenvalue weighted by Crippen LogP contribution is 2.29. The van der Waals surface area contributed by atoms with Crippen LogP contribution in [0.15, 0.2) is 40.4 Å². The number of nitrogens with zero attached hydrogens (tertiary/aromatic N) is 1. The summed E-state index contributed by atoms with van der Waals surface area (Å²) >= 11 is 0. The molecule has 0 saturated carbocycles. The summed E-state index contributed by atoms with van der Waals surface area (Å²) in [4.78, 5) is 37.3. The minimum absolute atomic E-state index is 0.00740. The van der Waals surface area contributed by atoms with Crippen molar-refractivity contribution in [3.05, 3.63) is 53.1 Å². The Morgan fingerprint density at radius 1 is 1.17 bits per heavy atom. The Morgan fingerprint density at radius 2 is 1.97 bits per heavy atom. The van der Waals surface area contributed by atoms with Gasteiger partial charge < -0.3 is 23.9 Å². The second-order valence-electron chi connectivity index (χ2n) is 5.98. The normalized spacial score (nSPS) is 14.9. The summed E-state index contributed by atoms with van der Waals surface area (Å²) in [5, 5.41) is 2.54. The maximum atomic E-state index is 12.6. The zero-order valence-corrected chi connectivity index (χ0v) is 16.2. The van der Waals surface area contributed by atoms with Gasteiger partial charge in [0.1, 0.15) is 11.5 Å². The van der Waals surface area contributed by atoms with Gasteiger partial charge in [0.05, 0.1) is 27.4 Å². The molecule has 1 aliphatic rings. The van der Waals surface area contributed by atoms with Gasteiger partial charge in [-0.3, -0.25) is 9.69 Å². The minimum atomic E-state index is -0.640. The molecule has 9 heteroatoms. The van der Waals surface area contributed by atoms with Gasteiger partial charge in [0.25, 0.3) is 5.91 Å². The largest absolute Gasteiger partial charge is 0.493 e. The molecule has 0 spiro atoms. The van der Waals surface area contributed by atoms with Crippen LogP contribution >= 0.6 is 0 Å². The lowest BCUT2D eigenvalue weighted by Gasteiger charge is -2.10. The van der Waals surface area contributed by atoms with E-state index in [1.165, 1.54) is 26.4 Å². The molecule has 9 nitrogen and oxygen atoms in total. The number of imide groups is 1. The number of esters is 1. The maximum absolute atomic E-state index is 12.6. The number of hydrogen-bond donors (Lipinski definition) is 1. The van der Waals surface area contributed by atoms with Crippen LogP contribution in [0, 0.1) is 0 Å². The van der Waals surface area contributed by atoms with E-state index in [4.69, 9.17) is 13.9 Å². The number of hydrogen-bond acceptors (Lipinski definition) is 7. The number of ether oxygens (including phenoxy) is 3. The first-order valence-corrected chi connectivity index (χ1v) is 8.79. The molecule has 3 rings (SSSR count). The van der Waals surface area contributed by atoms with Crippen LogP contribution in [0.5, 0.6) is 11.5 Å². The van der Waals surface area contributed by atoms with E-state index in [0.29, 0.717) is 23.7 Å². The molecule has 3 amide bonds. The van der Waals surface area contributed by atoms with E-state index in [9.17, 15) is 14.4 Å². The van der Waals surface area contributed by atoms with E-state index in [1.54, 1.807) is 24.3 Å². The van der Waals surface area contributed by atoms with Gasteiger partial charge in [-0.05, 0) is 42.8 Å². The Hall–Kier alpha value is -3.75. The second-order valence-corrected chi connectivity index (χ2v) is 5.98. The van der Waals surface area contributed by atoms with Crippen molar-refractivity contribution in [2.75, 3.05) is 20.8 Å². The van der Waals surface area contributed by atoms with Crippen molar-refractivity contribution in [1.82, 2.24) is 10.2 Å². The molecule has 0 radical (unpaired) electrons. The Bertz CT molecular complexity index is 977. The first kappa shape index (κ1) is 20.0. The van der Waals surface area contributed by atoms with Crippen molar-refractivity contribution in [3.63, 3.8) is 0 Å². The maximum Gasteiger partial charge on any atom is 0.373 e. The number of nitrogens with one attached hydrogen (secondary N) is 1. The van der Waals surface area contributed by atoms with Crippen molar-refractivity contribution < 1.29 is 33.0 Å². The smallest absolute Gasteiger partial charge is 0.373 e. The van der Waals surface area contributed by atoms with Crippen molar-refractivity contribution in [3.8, 4) is 11.5 Å². The molecule has 0 unspecified atom stereocenters. The van der Waals surface area contributed by atoms with Crippen molar-refractivity contribution >= 4 is 24.0 Å². The van der Waals surface area contributed by atoms with Crippen LogP contribution in [0.4, 0.5) is 4.79 Å². The third kappa shape index (κ3) is 4.23. The van der Waals surface area contributed by atoms with E-state index < -0.39 is 17.9 Å². The summed E-state index contributed by atoms with van der Waals surface area (Å²) in [5.74, 6) is 0.212. The number of benzene rings is 1. The molecule has 2 aromatic rings. The third-order valence-corrected chi connectivity index (χ3v) is 4.12. The minimum Gasteiger partial charge on any atom is -0.493 e. The van der Waals surface area contributed by atoms with Gasteiger partial charge in [0.15, 0.2) is 11.5 Å². The molecule has 0 aliphatic carbocycles. The van der Waals surface area contributed by atoms with E-state index in [2.05, 4.69) is 10.1 Å². The summed E-state index contributed by atoms with van der Waals surface area (Å²) in [5.41, 5.74) is 0.771. The highest BCUT2D eigenvalue weighted by molar-refractivity contribution is 6.13. The summed E-state index contributed by atoms with van der Waals surface area (Å²) in [6, 6.07) is 7.51. The Kier molecular flexibility index (Phi) is 5.87. The predicted molar refractivity (Wildman–Crippen MR) is 101 cm³/mol. The summed E-state index contributed by atoms with van der Waals surface area (Å²) in [7, 11) is 2.77. The van der Waals surface area contributed by atoms with Gasteiger partial charge in [0.2, 0.25) is 5.76 Å². The lowest BCUT2D eigenvalue weighted by atomic mass is 10.1. The van der Waals surface area contributed by atoms with Gasteiger partial charge in [-0.25, -0.2) is 9.59 Å². The van der Waals surface area contributed by atoms with E-state index in [1.807, 2.05) is 6.92 Å². The molecule has 1 fully saturated rings. The first-order valence-electron chi connectivity index (χ1n) is 8.79. The Balaban J connectivity index is 1.78. The van der Waals surface area contributed by atoms with Crippen molar-refractivity contribution in [1.29, 1.82) is 0 Å². The first-order chi connectivity index (χ1) is 14.0. The molecule has 0 atom stereocenters. The number of rotatable bonds is 7. The van der Waals surface area contributed by atoms with Crippen LogP contribution < -0.4 is 14.8 Å². The van der Waals surface area contributed by atoms with Gasteiger partial charge in [-0.1, -0.05) is 6.07 Å². The number of carbonyl (C=O) groups excluding carboxylic acids is 3. The molecular formula is C20H20N2O7. The van der Waals surface area contributed by atoms with Gasteiger partial charge in [-0.2, -0.15) is 0 Å². The number of methoxy groups -OCH3 is 2. The third-order valence-electron chi connectivity index (χ3n) is 4.12. The molecule has 1 aromatic carbocycles. The van der Waals surface area contributed by atoms with Crippen LogP contribution in [-0.4, -0.2) is 43.6 Å². The lowest BCUT2D eigenvalue weighted by molar-refractivity contribution is -0.123. The molecule has 1 aromatic heterocycles. The van der Waals surface area contributed by atoms with Gasteiger partial charge >= 0.3 is 12.0 Å². The van der Waals surface area contributed by atoms with Crippen molar-refractivity contribution in [2.24, 2.45) is 0 Å².